The van der Waals surface area contributed by atoms with Gasteiger partial charge >= 0.3 is 0 Å². The number of amides is 1. The van der Waals surface area contributed by atoms with Crippen LogP contribution in [-0.2, 0) is 18.3 Å². The van der Waals surface area contributed by atoms with E-state index in [0.29, 0.717) is 28.0 Å². The third-order valence-corrected chi connectivity index (χ3v) is 5.09. The second-order valence-corrected chi connectivity index (χ2v) is 7.31. The number of nitrogens with one attached hydrogen (secondary N) is 1. The molecule has 146 valence electrons. The number of carbonyl (C=O) groups excluding carboxylic acids is 1. The van der Waals surface area contributed by atoms with Crippen LogP contribution < -0.4 is 10.9 Å². The molecule has 2 aromatic carbocycles. The molecule has 0 fully saturated rings. The molecule has 1 heterocycles. The molecule has 1 amide bonds. The summed E-state index contributed by atoms with van der Waals surface area (Å²) in [6, 6.07) is 14.8. The minimum atomic E-state index is -0.175. The summed E-state index contributed by atoms with van der Waals surface area (Å²) >= 11 is 6.32. The first kappa shape index (κ1) is 20.0. The maximum atomic E-state index is 12.6. The topological polar surface area (TPSA) is 67.2 Å². The van der Waals surface area contributed by atoms with Crippen LogP contribution in [0.1, 0.15) is 17.3 Å². The van der Waals surface area contributed by atoms with Crippen molar-refractivity contribution < 1.29 is 4.79 Å². The standard InChI is InChI=1S/C21H23ClN4O2/c1-25(2)19(16-10-6-7-11-17(16)22)13-23-20(27)12-18-14-8-4-5-9-15(14)21(28)26(3)24-18/h4-11,19H,12-13H2,1-3H3,(H,23,27)/t19-/m1/s1. The Kier molecular flexibility index (Phi) is 6.11. The van der Waals surface area contributed by atoms with Crippen LogP contribution in [0.4, 0.5) is 0 Å². The van der Waals surface area contributed by atoms with Crippen molar-refractivity contribution >= 4 is 28.3 Å². The molecular formula is C21H23ClN4O2. The number of rotatable bonds is 6. The van der Waals surface area contributed by atoms with Gasteiger partial charge in [-0.25, -0.2) is 4.68 Å². The van der Waals surface area contributed by atoms with Gasteiger partial charge in [-0.3, -0.25) is 9.59 Å². The van der Waals surface area contributed by atoms with E-state index in [2.05, 4.69) is 10.4 Å². The number of aromatic nitrogens is 2. The van der Waals surface area contributed by atoms with Gasteiger partial charge in [-0.2, -0.15) is 5.10 Å². The summed E-state index contributed by atoms with van der Waals surface area (Å²) < 4.78 is 1.28. The van der Waals surface area contributed by atoms with Crippen LogP contribution in [0.2, 0.25) is 5.02 Å². The molecule has 0 aliphatic heterocycles. The molecule has 3 aromatic rings. The lowest BCUT2D eigenvalue weighted by Crippen LogP contribution is -2.36. The first-order valence-electron chi connectivity index (χ1n) is 9.01. The molecule has 0 radical (unpaired) electrons. The Morgan fingerprint density at radius 1 is 1.14 bits per heavy atom. The molecule has 0 aliphatic rings. The van der Waals surface area contributed by atoms with Gasteiger partial charge in [0.05, 0.1) is 23.5 Å². The quantitative estimate of drug-likeness (QED) is 0.693. The monoisotopic (exact) mass is 398 g/mol. The summed E-state index contributed by atoms with van der Waals surface area (Å²) in [5.74, 6) is -0.157. The van der Waals surface area contributed by atoms with Gasteiger partial charge in [0, 0.05) is 24.0 Å². The maximum absolute atomic E-state index is 12.6. The number of fused-ring (bicyclic) bond motifs is 1. The highest BCUT2D eigenvalue weighted by Gasteiger charge is 2.19. The summed E-state index contributed by atoms with van der Waals surface area (Å²) in [5.41, 5.74) is 1.36. The van der Waals surface area contributed by atoms with E-state index in [0.717, 1.165) is 5.56 Å². The molecule has 0 unspecified atom stereocenters. The Balaban J connectivity index is 1.77. The van der Waals surface area contributed by atoms with Crippen molar-refractivity contribution in [3.63, 3.8) is 0 Å². The summed E-state index contributed by atoms with van der Waals surface area (Å²) in [6.07, 6.45) is 0.0945. The van der Waals surface area contributed by atoms with Crippen LogP contribution in [0.3, 0.4) is 0 Å². The molecule has 7 heteroatoms. The number of halogens is 1. The van der Waals surface area contributed by atoms with Crippen LogP contribution in [0.25, 0.3) is 10.8 Å². The summed E-state index contributed by atoms with van der Waals surface area (Å²) in [4.78, 5) is 26.8. The van der Waals surface area contributed by atoms with Crippen molar-refractivity contribution in [3.8, 4) is 0 Å². The van der Waals surface area contributed by atoms with E-state index >= 15 is 0 Å². The van der Waals surface area contributed by atoms with Gasteiger partial charge in [-0.05, 0) is 31.8 Å². The van der Waals surface area contributed by atoms with E-state index in [1.807, 2.05) is 55.4 Å². The number of nitrogens with zero attached hydrogens (tertiary/aromatic N) is 3. The number of likely N-dealkylation sites (N-methyl/N-ethyl adjacent to an activating group) is 1. The number of carbonyl (C=O) groups is 1. The zero-order chi connectivity index (χ0) is 20.3. The van der Waals surface area contributed by atoms with Crippen LogP contribution in [0.5, 0.6) is 0 Å². The molecule has 0 saturated carbocycles. The first-order chi connectivity index (χ1) is 13.4. The van der Waals surface area contributed by atoms with Crippen molar-refractivity contribution in [3.05, 3.63) is 75.2 Å². The Morgan fingerprint density at radius 2 is 1.79 bits per heavy atom. The fourth-order valence-corrected chi connectivity index (χ4v) is 3.51. The van der Waals surface area contributed by atoms with E-state index < -0.39 is 0 Å². The van der Waals surface area contributed by atoms with Gasteiger partial charge in [0.25, 0.3) is 5.56 Å². The predicted octanol–water partition coefficient (Wildman–Crippen LogP) is 2.55. The van der Waals surface area contributed by atoms with Crippen LogP contribution in [0.15, 0.2) is 53.3 Å². The number of hydrogen-bond acceptors (Lipinski definition) is 4. The Bertz CT molecular complexity index is 1060. The lowest BCUT2D eigenvalue weighted by molar-refractivity contribution is -0.120. The second-order valence-electron chi connectivity index (χ2n) is 6.90. The third kappa shape index (κ3) is 4.24. The van der Waals surface area contributed by atoms with Crippen molar-refractivity contribution in [2.45, 2.75) is 12.5 Å². The number of hydrogen-bond donors (Lipinski definition) is 1. The van der Waals surface area contributed by atoms with Crippen LogP contribution in [-0.4, -0.2) is 41.2 Å². The molecule has 0 saturated heterocycles. The van der Waals surface area contributed by atoms with Gasteiger partial charge in [-0.1, -0.05) is 48.0 Å². The minimum absolute atomic E-state index is 0.0533. The molecule has 0 aliphatic carbocycles. The predicted molar refractivity (Wildman–Crippen MR) is 112 cm³/mol. The average Bonchev–Trinajstić information content (AvgIpc) is 2.67. The Morgan fingerprint density at radius 3 is 2.46 bits per heavy atom. The van der Waals surface area contributed by atoms with Crippen molar-refractivity contribution in [1.82, 2.24) is 20.0 Å². The van der Waals surface area contributed by atoms with Crippen LogP contribution in [0, 0.1) is 0 Å². The lowest BCUT2D eigenvalue weighted by atomic mass is 10.1. The van der Waals surface area contributed by atoms with E-state index in [-0.39, 0.29) is 23.9 Å². The normalized spacial score (nSPS) is 12.3. The fourth-order valence-electron chi connectivity index (χ4n) is 3.25. The highest BCUT2D eigenvalue weighted by molar-refractivity contribution is 6.31. The number of benzene rings is 2. The van der Waals surface area contributed by atoms with Crippen molar-refractivity contribution in [2.24, 2.45) is 7.05 Å². The zero-order valence-electron chi connectivity index (χ0n) is 16.1. The van der Waals surface area contributed by atoms with E-state index in [9.17, 15) is 9.59 Å². The lowest BCUT2D eigenvalue weighted by Gasteiger charge is -2.26. The minimum Gasteiger partial charge on any atom is -0.354 e. The van der Waals surface area contributed by atoms with E-state index in [1.54, 1.807) is 19.2 Å². The Labute approximate surface area is 168 Å². The molecular weight excluding hydrogens is 376 g/mol. The van der Waals surface area contributed by atoms with E-state index in [4.69, 9.17) is 11.6 Å². The van der Waals surface area contributed by atoms with Crippen molar-refractivity contribution in [2.75, 3.05) is 20.6 Å². The molecule has 1 aromatic heterocycles. The van der Waals surface area contributed by atoms with E-state index in [1.165, 1.54) is 4.68 Å². The average molecular weight is 399 g/mol. The molecule has 3 rings (SSSR count). The number of aryl methyl sites for hydroxylation is 1. The molecule has 1 atom stereocenters. The largest absolute Gasteiger partial charge is 0.354 e. The van der Waals surface area contributed by atoms with Gasteiger partial charge < -0.3 is 10.2 Å². The molecule has 1 N–H and O–H groups in total. The van der Waals surface area contributed by atoms with Gasteiger partial charge in [0.1, 0.15) is 0 Å². The zero-order valence-corrected chi connectivity index (χ0v) is 16.9. The Hall–Kier alpha value is -2.70. The van der Waals surface area contributed by atoms with Gasteiger partial charge in [-0.15, -0.1) is 0 Å². The first-order valence-corrected chi connectivity index (χ1v) is 9.38. The highest BCUT2D eigenvalue weighted by atomic mass is 35.5. The third-order valence-electron chi connectivity index (χ3n) is 4.74. The van der Waals surface area contributed by atoms with Gasteiger partial charge in [0.15, 0.2) is 0 Å². The summed E-state index contributed by atoms with van der Waals surface area (Å²) in [5, 5.41) is 9.19. The smallest absolute Gasteiger partial charge is 0.274 e. The second kappa shape index (κ2) is 8.54. The van der Waals surface area contributed by atoms with Crippen LogP contribution >= 0.6 is 11.6 Å². The summed E-state index contributed by atoms with van der Waals surface area (Å²) in [6.45, 7) is 0.416. The van der Waals surface area contributed by atoms with Gasteiger partial charge in [0.2, 0.25) is 5.91 Å². The molecule has 0 bridgehead atoms. The fraction of sp³-hybridized carbons (Fsp3) is 0.286. The molecule has 0 spiro atoms. The maximum Gasteiger partial charge on any atom is 0.274 e. The molecule has 28 heavy (non-hydrogen) atoms. The highest BCUT2D eigenvalue weighted by Crippen LogP contribution is 2.25. The summed E-state index contributed by atoms with van der Waals surface area (Å²) in [7, 11) is 5.49. The SMILES string of the molecule is CN(C)[C@H](CNC(=O)Cc1nn(C)c(=O)c2ccccc12)c1ccccc1Cl. The molecule has 6 nitrogen and oxygen atoms in total. The van der Waals surface area contributed by atoms with Crippen molar-refractivity contribution in [1.29, 1.82) is 0 Å².